The van der Waals surface area contributed by atoms with Gasteiger partial charge in [-0.25, -0.2) is 4.98 Å². The number of carbonyl (C=O) groups excluding carboxylic acids is 2. The second-order valence-electron chi connectivity index (χ2n) is 6.32. The van der Waals surface area contributed by atoms with Crippen LogP contribution in [0.5, 0.6) is 0 Å². The summed E-state index contributed by atoms with van der Waals surface area (Å²) in [5.41, 5.74) is 2.96. The molecule has 1 N–H and O–H groups in total. The van der Waals surface area contributed by atoms with Crippen LogP contribution in [0, 0.1) is 19.8 Å². The summed E-state index contributed by atoms with van der Waals surface area (Å²) >= 11 is 0. The molecule has 2 amide bonds. The first-order valence-corrected chi connectivity index (χ1v) is 8.02. The summed E-state index contributed by atoms with van der Waals surface area (Å²) in [6.45, 7) is 3.89. The first-order valence-electron chi connectivity index (χ1n) is 8.02. The van der Waals surface area contributed by atoms with Crippen LogP contribution in [0.2, 0.25) is 0 Å². The van der Waals surface area contributed by atoms with Crippen molar-refractivity contribution >= 4 is 17.6 Å². The monoisotopic (exact) mass is 323 g/mol. The van der Waals surface area contributed by atoms with Crippen LogP contribution >= 0.6 is 0 Å². The van der Waals surface area contributed by atoms with Crippen molar-refractivity contribution in [1.82, 2.24) is 9.88 Å². The van der Waals surface area contributed by atoms with E-state index < -0.39 is 5.92 Å². The number of nitrogens with zero attached hydrogens (tertiary/aromatic N) is 2. The van der Waals surface area contributed by atoms with Crippen LogP contribution in [0.15, 0.2) is 42.5 Å². The minimum atomic E-state index is -0.424. The maximum absolute atomic E-state index is 12.7. The number of carbonyl (C=O) groups is 2. The SMILES string of the molecule is Cc1ccc([C@@H]2[C@H](C(=O)Nc3cccc(C)n3)CC(=O)N2C)cc1. The lowest BCUT2D eigenvalue weighted by atomic mass is 9.92. The highest BCUT2D eigenvalue weighted by molar-refractivity contribution is 5.97. The summed E-state index contributed by atoms with van der Waals surface area (Å²) in [4.78, 5) is 30.9. The zero-order chi connectivity index (χ0) is 17.3. The maximum atomic E-state index is 12.7. The van der Waals surface area contributed by atoms with Gasteiger partial charge in [0, 0.05) is 19.2 Å². The summed E-state index contributed by atoms with van der Waals surface area (Å²) < 4.78 is 0. The van der Waals surface area contributed by atoms with E-state index >= 15 is 0 Å². The van der Waals surface area contributed by atoms with Crippen LogP contribution in [0.1, 0.15) is 29.3 Å². The first-order chi connectivity index (χ1) is 11.5. The zero-order valence-corrected chi connectivity index (χ0v) is 14.1. The van der Waals surface area contributed by atoms with Crippen LogP contribution in [-0.4, -0.2) is 28.7 Å². The lowest BCUT2D eigenvalue weighted by Gasteiger charge is -2.25. The third-order valence-electron chi connectivity index (χ3n) is 4.48. The average molecular weight is 323 g/mol. The Hall–Kier alpha value is -2.69. The molecular weight excluding hydrogens is 302 g/mol. The van der Waals surface area contributed by atoms with Crippen molar-refractivity contribution in [2.75, 3.05) is 12.4 Å². The summed E-state index contributed by atoms with van der Waals surface area (Å²) in [6.07, 6.45) is 0.215. The number of nitrogens with one attached hydrogen (secondary N) is 1. The summed E-state index contributed by atoms with van der Waals surface area (Å²) in [5, 5.41) is 2.85. The first kappa shape index (κ1) is 16.2. The number of amides is 2. The van der Waals surface area contributed by atoms with Gasteiger partial charge in [0.15, 0.2) is 0 Å². The van der Waals surface area contributed by atoms with Crippen molar-refractivity contribution in [3.05, 3.63) is 59.3 Å². The quantitative estimate of drug-likeness (QED) is 0.945. The van der Waals surface area contributed by atoms with Gasteiger partial charge in [0.05, 0.1) is 12.0 Å². The Kier molecular flexibility index (Phi) is 4.34. The highest BCUT2D eigenvalue weighted by Gasteiger charge is 2.42. The lowest BCUT2D eigenvalue weighted by molar-refractivity contribution is -0.127. The molecule has 2 heterocycles. The number of likely N-dealkylation sites (tertiary alicyclic amines) is 1. The molecule has 0 bridgehead atoms. The Labute approximate surface area is 141 Å². The minimum Gasteiger partial charge on any atom is -0.338 e. The number of aryl methyl sites for hydroxylation is 2. The Morgan fingerprint density at radius 1 is 1.17 bits per heavy atom. The molecule has 5 nitrogen and oxygen atoms in total. The number of hydrogen-bond acceptors (Lipinski definition) is 3. The molecule has 0 spiro atoms. The highest BCUT2D eigenvalue weighted by Crippen LogP contribution is 2.37. The normalized spacial score (nSPS) is 20.3. The topological polar surface area (TPSA) is 62.3 Å². The molecule has 24 heavy (non-hydrogen) atoms. The largest absolute Gasteiger partial charge is 0.338 e. The van der Waals surface area contributed by atoms with E-state index in [1.165, 1.54) is 0 Å². The number of anilines is 1. The molecule has 3 rings (SSSR count). The van der Waals surface area contributed by atoms with E-state index in [2.05, 4.69) is 10.3 Å². The van der Waals surface area contributed by atoms with Gasteiger partial charge in [-0.1, -0.05) is 35.9 Å². The van der Waals surface area contributed by atoms with Gasteiger partial charge in [0.1, 0.15) is 5.82 Å². The molecule has 0 aliphatic carbocycles. The predicted molar refractivity (Wildman–Crippen MR) is 92.4 cm³/mol. The number of rotatable bonds is 3. The summed E-state index contributed by atoms with van der Waals surface area (Å²) in [7, 11) is 1.76. The number of benzene rings is 1. The third kappa shape index (κ3) is 3.15. The van der Waals surface area contributed by atoms with Gasteiger partial charge in [0.2, 0.25) is 11.8 Å². The minimum absolute atomic E-state index is 0.0158. The Morgan fingerprint density at radius 2 is 1.88 bits per heavy atom. The van der Waals surface area contributed by atoms with Crippen molar-refractivity contribution in [1.29, 1.82) is 0 Å². The number of hydrogen-bond donors (Lipinski definition) is 1. The maximum Gasteiger partial charge on any atom is 0.231 e. The van der Waals surface area contributed by atoms with E-state index in [4.69, 9.17) is 0 Å². The second-order valence-corrected chi connectivity index (χ2v) is 6.32. The molecule has 2 atom stereocenters. The fourth-order valence-electron chi connectivity index (χ4n) is 3.16. The smallest absolute Gasteiger partial charge is 0.231 e. The van der Waals surface area contributed by atoms with Gasteiger partial charge in [-0.3, -0.25) is 9.59 Å². The molecule has 5 heteroatoms. The Balaban J connectivity index is 1.85. The fraction of sp³-hybridized carbons (Fsp3) is 0.316. The molecular formula is C19H21N3O2. The second kappa shape index (κ2) is 6.43. The molecule has 1 aliphatic rings. The van der Waals surface area contributed by atoms with Crippen LogP contribution < -0.4 is 5.32 Å². The van der Waals surface area contributed by atoms with E-state index in [1.54, 1.807) is 18.0 Å². The van der Waals surface area contributed by atoms with Gasteiger partial charge < -0.3 is 10.2 Å². The van der Waals surface area contributed by atoms with Gasteiger partial charge in [-0.15, -0.1) is 0 Å². The summed E-state index contributed by atoms with van der Waals surface area (Å²) in [5.74, 6) is -0.0912. The zero-order valence-electron chi connectivity index (χ0n) is 14.1. The van der Waals surface area contributed by atoms with Crippen LogP contribution in [0.4, 0.5) is 5.82 Å². The molecule has 1 saturated heterocycles. The molecule has 0 saturated carbocycles. The molecule has 1 fully saturated rings. The van der Waals surface area contributed by atoms with Gasteiger partial charge in [-0.05, 0) is 31.5 Å². The van der Waals surface area contributed by atoms with Crippen molar-refractivity contribution in [3.63, 3.8) is 0 Å². The lowest BCUT2D eigenvalue weighted by Crippen LogP contribution is -2.30. The molecule has 0 unspecified atom stereocenters. The standard InChI is InChI=1S/C19H21N3O2/c1-12-7-9-14(10-8-12)18-15(11-17(23)22(18)3)19(24)21-16-6-4-5-13(2)20-16/h4-10,15,18H,11H2,1-3H3,(H,20,21,24)/t15-,18-/m1/s1. The summed E-state index contributed by atoms with van der Waals surface area (Å²) in [6, 6.07) is 13.2. The van der Waals surface area contributed by atoms with Gasteiger partial charge >= 0.3 is 0 Å². The molecule has 124 valence electrons. The van der Waals surface area contributed by atoms with Crippen LogP contribution in [0.3, 0.4) is 0 Å². The Bertz CT molecular complexity index is 770. The van der Waals surface area contributed by atoms with Crippen molar-refractivity contribution < 1.29 is 9.59 Å². The van der Waals surface area contributed by atoms with Gasteiger partial charge in [0.25, 0.3) is 0 Å². The number of aromatic nitrogens is 1. The van der Waals surface area contributed by atoms with Gasteiger partial charge in [-0.2, -0.15) is 0 Å². The van der Waals surface area contributed by atoms with Crippen molar-refractivity contribution in [2.24, 2.45) is 5.92 Å². The third-order valence-corrected chi connectivity index (χ3v) is 4.48. The van der Waals surface area contributed by atoms with E-state index in [0.717, 1.165) is 16.8 Å². The van der Waals surface area contributed by atoms with E-state index in [0.29, 0.717) is 5.82 Å². The van der Waals surface area contributed by atoms with E-state index in [-0.39, 0.29) is 24.3 Å². The molecule has 1 aromatic heterocycles. The molecule has 2 aromatic rings. The molecule has 1 aromatic carbocycles. The van der Waals surface area contributed by atoms with Crippen molar-refractivity contribution in [3.8, 4) is 0 Å². The predicted octanol–water partition coefficient (Wildman–Crippen LogP) is 2.86. The fourth-order valence-corrected chi connectivity index (χ4v) is 3.16. The van der Waals surface area contributed by atoms with Crippen LogP contribution in [-0.2, 0) is 9.59 Å². The van der Waals surface area contributed by atoms with Crippen molar-refractivity contribution in [2.45, 2.75) is 26.3 Å². The Morgan fingerprint density at radius 3 is 2.54 bits per heavy atom. The van der Waals surface area contributed by atoms with E-state index in [1.807, 2.05) is 50.2 Å². The average Bonchev–Trinajstić information content (AvgIpc) is 2.84. The molecule has 1 aliphatic heterocycles. The van der Waals surface area contributed by atoms with E-state index in [9.17, 15) is 9.59 Å². The highest BCUT2D eigenvalue weighted by atomic mass is 16.2. The molecule has 0 radical (unpaired) electrons. The van der Waals surface area contributed by atoms with Crippen LogP contribution in [0.25, 0.3) is 0 Å². The number of pyridine rings is 1.